The van der Waals surface area contributed by atoms with Gasteiger partial charge in [0.25, 0.3) is 0 Å². The largest absolute Gasteiger partial charge is 0.489 e. The first-order valence-corrected chi connectivity index (χ1v) is 14.5. The lowest BCUT2D eigenvalue weighted by Crippen LogP contribution is -2.48. The lowest BCUT2D eigenvalue weighted by Gasteiger charge is -2.33. The number of carbonyl (C=O) groups is 1. The Labute approximate surface area is 217 Å². The molecular formula is C27H26F3NO4S2. The van der Waals surface area contributed by atoms with Crippen LogP contribution in [0, 0.1) is 5.92 Å². The molecule has 0 radical (unpaired) electrons. The van der Waals surface area contributed by atoms with Crippen LogP contribution in [-0.2, 0) is 34.0 Å². The van der Waals surface area contributed by atoms with Crippen molar-refractivity contribution in [3.63, 3.8) is 0 Å². The molecule has 2 fully saturated rings. The van der Waals surface area contributed by atoms with E-state index in [0.29, 0.717) is 17.7 Å². The van der Waals surface area contributed by atoms with Crippen LogP contribution in [-0.4, -0.2) is 30.6 Å². The molecule has 5 rings (SSSR count). The third kappa shape index (κ3) is 5.46. The first-order chi connectivity index (χ1) is 17.6. The second-order valence-corrected chi connectivity index (χ2v) is 12.2. The van der Waals surface area contributed by atoms with Crippen molar-refractivity contribution in [1.29, 1.82) is 0 Å². The summed E-state index contributed by atoms with van der Waals surface area (Å²) in [6, 6.07) is 12.9. The van der Waals surface area contributed by atoms with E-state index in [4.69, 9.17) is 4.74 Å². The summed E-state index contributed by atoms with van der Waals surface area (Å²) in [5.74, 6) is 0.540. The van der Waals surface area contributed by atoms with Crippen molar-refractivity contribution >= 4 is 27.1 Å². The van der Waals surface area contributed by atoms with Crippen LogP contribution in [0.15, 0.2) is 70.3 Å². The quantitative estimate of drug-likeness (QED) is 0.324. The van der Waals surface area contributed by atoms with Crippen molar-refractivity contribution in [2.45, 2.75) is 61.9 Å². The van der Waals surface area contributed by atoms with Crippen LogP contribution in [0.5, 0.6) is 5.75 Å². The Hall–Kier alpha value is -2.69. The summed E-state index contributed by atoms with van der Waals surface area (Å²) in [4.78, 5) is 13.6. The molecule has 1 aliphatic heterocycles. The standard InChI is InChI=1S/C27H26F3NO4S2/c28-27(29,30)21-8-4-19(5-9-21)16-35-23-3-1-2-18(14-23)6-11-25(32)26-20-7-10-22(15-20)31(26)37(33,34)24-12-13-36-17-24/h1-5,8-9,12-14,17,20,22,26H,6-7,10-11,15-16H2/t20-,22+,26-/m0/s1. The molecule has 1 saturated heterocycles. The lowest BCUT2D eigenvalue weighted by molar-refractivity contribution is -0.137. The van der Waals surface area contributed by atoms with E-state index in [1.807, 2.05) is 6.07 Å². The van der Waals surface area contributed by atoms with E-state index in [2.05, 4.69) is 0 Å². The van der Waals surface area contributed by atoms with Gasteiger partial charge in [-0.3, -0.25) is 4.79 Å². The van der Waals surface area contributed by atoms with E-state index in [0.717, 1.165) is 37.0 Å². The molecule has 0 spiro atoms. The molecule has 3 atom stereocenters. The van der Waals surface area contributed by atoms with Crippen LogP contribution < -0.4 is 4.74 Å². The van der Waals surface area contributed by atoms with Crippen molar-refractivity contribution in [2.24, 2.45) is 5.92 Å². The van der Waals surface area contributed by atoms with Crippen LogP contribution in [0.1, 0.15) is 42.4 Å². The number of piperidine rings is 1. The van der Waals surface area contributed by atoms with Gasteiger partial charge in [-0.25, -0.2) is 8.42 Å². The number of alkyl halides is 3. The van der Waals surface area contributed by atoms with Crippen LogP contribution >= 0.6 is 11.3 Å². The zero-order valence-electron chi connectivity index (χ0n) is 19.9. The number of ether oxygens (including phenoxy) is 1. The molecule has 1 saturated carbocycles. The number of benzene rings is 2. The highest BCUT2D eigenvalue weighted by molar-refractivity contribution is 7.89. The SMILES string of the molecule is O=C(CCc1cccc(OCc2ccc(C(F)(F)F)cc2)c1)[C@@H]1[C@H]2CC[C@H](C2)N1S(=O)(=O)c1ccsc1. The van der Waals surface area contributed by atoms with Crippen molar-refractivity contribution in [2.75, 3.05) is 0 Å². The summed E-state index contributed by atoms with van der Waals surface area (Å²) in [5, 5.41) is 3.34. The zero-order valence-corrected chi connectivity index (χ0v) is 21.5. The Morgan fingerprint density at radius 2 is 1.84 bits per heavy atom. The first-order valence-electron chi connectivity index (χ1n) is 12.1. The van der Waals surface area contributed by atoms with E-state index in [9.17, 15) is 26.4 Å². The normalized spacial score (nSPS) is 21.9. The van der Waals surface area contributed by atoms with Gasteiger partial charge in [0, 0.05) is 17.8 Å². The van der Waals surface area contributed by atoms with E-state index < -0.39 is 27.8 Å². The number of Topliss-reactive ketones (excluding diaryl/α,β-unsaturated/α-hetero) is 1. The smallest absolute Gasteiger partial charge is 0.416 e. The van der Waals surface area contributed by atoms with Gasteiger partial charge in [-0.05, 0) is 78.4 Å². The molecule has 1 aromatic heterocycles. The van der Waals surface area contributed by atoms with Gasteiger partial charge in [0.15, 0.2) is 5.78 Å². The molecular weight excluding hydrogens is 523 g/mol. The highest BCUT2D eigenvalue weighted by atomic mass is 32.2. The second-order valence-electron chi connectivity index (χ2n) is 9.56. The van der Waals surface area contributed by atoms with Crippen LogP contribution in [0.25, 0.3) is 0 Å². The number of rotatable bonds is 9. The molecule has 10 heteroatoms. The van der Waals surface area contributed by atoms with Gasteiger partial charge in [0.05, 0.1) is 16.5 Å². The summed E-state index contributed by atoms with van der Waals surface area (Å²) in [5.41, 5.74) is 0.769. The fourth-order valence-corrected chi connectivity index (χ4v) is 8.29. The number of ketones is 1. The molecule has 0 N–H and O–H groups in total. The summed E-state index contributed by atoms with van der Waals surface area (Å²) in [6.07, 6.45) is -1.34. The maximum atomic E-state index is 13.3. The molecule has 1 aliphatic carbocycles. The number of halogens is 3. The van der Waals surface area contributed by atoms with Gasteiger partial charge in [-0.1, -0.05) is 24.3 Å². The molecule has 2 heterocycles. The first kappa shape index (κ1) is 25.9. The van der Waals surface area contributed by atoms with E-state index in [-0.39, 0.29) is 35.7 Å². The lowest BCUT2D eigenvalue weighted by atomic mass is 9.93. The summed E-state index contributed by atoms with van der Waals surface area (Å²) in [7, 11) is -3.71. The van der Waals surface area contributed by atoms with Crippen LogP contribution in [0.4, 0.5) is 13.2 Å². The number of carbonyl (C=O) groups excluding carboxylic acids is 1. The minimum absolute atomic E-state index is 0.0595. The van der Waals surface area contributed by atoms with Gasteiger partial charge in [-0.2, -0.15) is 28.8 Å². The van der Waals surface area contributed by atoms with Crippen molar-refractivity contribution < 1.29 is 31.1 Å². The molecule has 5 nitrogen and oxygen atoms in total. The second kappa shape index (κ2) is 10.2. The minimum atomic E-state index is -4.38. The average molecular weight is 550 g/mol. The summed E-state index contributed by atoms with van der Waals surface area (Å²) in [6.45, 7) is 0.112. The Balaban J connectivity index is 1.21. The van der Waals surface area contributed by atoms with E-state index >= 15 is 0 Å². The molecule has 0 unspecified atom stereocenters. The molecule has 2 aliphatic rings. The van der Waals surface area contributed by atoms with Gasteiger partial charge < -0.3 is 4.74 Å². The van der Waals surface area contributed by atoms with Gasteiger partial charge in [0.1, 0.15) is 12.4 Å². The molecule has 2 aromatic carbocycles. The average Bonchev–Trinajstić information content (AvgIpc) is 3.64. The Morgan fingerprint density at radius 3 is 2.54 bits per heavy atom. The summed E-state index contributed by atoms with van der Waals surface area (Å²) < 4.78 is 72.0. The maximum absolute atomic E-state index is 13.3. The van der Waals surface area contributed by atoms with Crippen LogP contribution in [0.2, 0.25) is 0 Å². The highest BCUT2D eigenvalue weighted by Crippen LogP contribution is 2.46. The number of fused-ring (bicyclic) bond motifs is 2. The van der Waals surface area contributed by atoms with Gasteiger partial charge in [0.2, 0.25) is 10.0 Å². The van der Waals surface area contributed by atoms with E-state index in [1.54, 1.807) is 35.0 Å². The number of nitrogens with zero attached hydrogens (tertiary/aromatic N) is 1. The van der Waals surface area contributed by atoms with Gasteiger partial charge >= 0.3 is 6.18 Å². The number of aryl methyl sites for hydroxylation is 1. The number of hydrogen-bond acceptors (Lipinski definition) is 5. The van der Waals surface area contributed by atoms with Crippen LogP contribution in [0.3, 0.4) is 0 Å². The topological polar surface area (TPSA) is 63.7 Å². The Morgan fingerprint density at radius 1 is 1.05 bits per heavy atom. The minimum Gasteiger partial charge on any atom is -0.489 e. The molecule has 0 amide bonds. The third-order valence-electron chi connectivity index (χ3n) is 7.17. The predicted octanol–water partition coefficient (Wildman–Crippen LogP) is 6.09. The Bertz CT molecular complexity index is 1360. The highest BCUT2D eigenvalue weighted by Gasteiger charge is 2.53. The predicted molar refractivity (Wildman–Crippen MR) is 134 cm³/mol. The molecule has 37 heavy (non-hydrogen) atoms. The Kier molecular flexibility index (Phi) is 7.17. The zero-order chi connectivity index (χ0) is 26.2. The number of sulfonamides is 1. The maximum Gasteiger partial charge on any atom is 0.416 e. The summed E-state index contributed by atoms with van der Waals surface area (Å²) >= 11 is 1.32. The van der Waals surface area contributed by atoms with Crippen molar-refractivity contribution in [1.82, 2.24) is 4.31 Å². The monoisotopic (exact) mass is 549 g/mol. The van der Waals surface area contributed by atoms with Crippen molar-refractivity contribution in [3.8, 4) is 5.75 Å². The van der Waals surface area contributed by atoms with E-state index in [1.165, 1.54) is 27.8 Å². The number of thiophene rings is 1. The molecule has 3 aromatic rings. The molecule has 2 bridgehead atoms. The third-order valence-corrected chi connectivity index (χ3v) is 9.93. The number of hydrogen-bond donors (Lipinski definition) is 0. The fourth-order valence-electron chi connectivity index (χ4n) is 5.38. The van der Waals surface area contributed by atoms with Crippen molar-refractivity contribution in [3.05, 3.63) is 82.0 Å². The van der Waals surface area contributed by atoms with Gasteiger partial charge in [-0.15, -0.1) is 0 Å². The fraction of sp³-hybridized carbons (Fsp3) is 0.370. The molecule has 196 valence electrons.